The van der Waals surface area contributed by atoms with E-state index in [1.54, 1.807) is 6.92 Å². The quantitative estimate of drug-likeness (QED) is 0.888. The number of amides is 2. The van der Waals surface area contributed by atoms with E-state index in [-0.39, 0.29) is 23.8 Å². The highest BCUT2D eigenvalue weighted by molar-refractivity contribution is 5.81. The minimum atomic E-state index is -0.0526. The lowest BCUT2D eigenvalue weighted by Gasteiger charge is -2.31. The summed E-state index contributed by atoms with van der Waals surface area (Å²) in [7, 11) is 0. The molecule has 1 saturated carbocycles. The Labute approximate surface area is 149 Å². The summed E-state index contributed by atoms with van der Waals surface area (Å²) in [6.07, 6.45) is 3.76. The van der Waals surface area contributed by atoms with E-state index < -0.39 is 0 Å². The zero-order valence-electron chi connectivity index (χ0n) is 15.3. The Bertz CT molecular complexity index is 613. The minimum Gasteiger partial charge on any atom is -0.465 e. The summed E-state index contributed by atoms with van der Waals surface area (Å²) in [6.45, 7) is 7.34. The molecule has 2 aliphatic rings. The van der Waals surface area contributed by atoms with Crippen molar-refractivity contribution in [1.82, 2.24) is 15.1 Å². The number of nitrogens with one attached hydrogen (secondary N) is 1. The number of hydrogen-bond acceptors (Lipinski definition) is 4. The van der Waals surface area contributed by atoms with E-state index in [1.807, 2.05) is 24.0 Å². The first-order chi connectivity index (χ1) is 12.0. The number of hydrogen-bond donors (Lipinski definition) is 1. The van der Waals surface area contributed by atoms with E-state index >= 15 is 0 Å². The summed E-state index contributed by atoms with van der Waals surface area (Å²) in [5, 5.41) is 3.08. The van der Waals surface area contributed by atoms with Gasteiger partial charge in [0.2, 0.25) is 11.8 Å². The Kier molecular flexibility index (Phi) is 5.78. The molecule has 138 valence electrons. The standard InChI is InChI=1S/C19H29N3O3/c1-14-7-8-16(25-14)13-21-10-4-11-22(15(2)23)18-6-3-5-17(18)19(24)20-9-12-21/h7-8,17-18H,3-6,9-13H2,1-2H3,(H,20,24)/t17-,18+/m1/s1. The van der Waals surface area contributed by atoms with Crippen LogP contribution in [-0.2, 0) is 16.1 Å². The molecule has 2 amide bonds. The van der Waals surface area contributed by atoms with Crippen molar-refractivity contribution in [3.63, 3.8) is 0 Å². The van der Waals surface area contributed by atoms with Crippen molar-refractivity contribution in [3.8, 4) is 0 Å². The third-order valence-corrected chi connectivity index (χ3v) is 5.40. The van der Waals surface area contributed by atoms with E-state index in [9.17, 15) is 9.59 Å². The molecule has 0 aromatic carbocycles. The molecule has 0 unspecified atom stereocenters. The van der Waals surface area contributed by atoms with Crippen LogP contribution in [0.15, 0.2) is 16.5 Å². The van der Waals surface area contributed by atoms with Crippen molar-refractivity contribution in [2.75, 3.05) is 26.2 Å². The maximum absolute atomic E-state index is 12.6. The largest absolute Gasteiger partial charge is 0.465 e. The Morgan fingerprint density at radius 1 is 1.24 bits per heavy atom. The van der Waals surface area contributed by atoms with Crippen LogP contribution in [0.2, 0.25) is 0 Å². The van der Waals surface area contributed by atoms with Crippen LogP contribution in [-0.4, -0.2) is 53.8 Å². The second-order valence-corrected chi connectivity index (χ2v) is 7.25. The van der Waals surface area contributed by atoms with Gasteiger partial charge >= 0.3 is 0 Å². The number of aryl methyl sites for hydroxylation is 1. The van der Waals surface area contributed by atoms with Crippen LogP contribution in [0.5, 0.6) is 0 Å². The fourth-order valence-corrected chi connectivity index (χ4v) is 4.17. The molecular weight excluding hydrogens is 318 g/mol. The van der Waals surface area contributed by atoms with Crippen LogP contribution in [0.25, 0.3) is 0 Å². The van der Waals surface area contributed by atoms with Crippen LogP contribution in [0.1, 0.15) is 44.1 Å². The number of furan rings is 1. The third kappa shape index (κ3) is 4.42. The normalized spacial score (nSPS) is 26.0. The average Bonchev–Trinajstić information content (AvgIpc) is 3.19. The number of carbonyl (C=O) groups excluding carboxylic acids is 2. The molecule has 6 nitrogen and oxygen atoms in total. The van der Waals surface area contributed by atoms with Gasteiger partial charge in [-0.2, -0.15) is 0 Å². The molecular formula is C19H29N3O3. The molecule has 3 rings (SSSR count). The lowest BCUT2D eigenvalue weighted by Crippen LogP contribution is -2.46. The maximum Gasteiger partial charge on any atom is 0.225 e. The minimum absolute atomic E-state index is 0.0526. The molecule has 25 heavy (non-hydrogen) atoms. The number of rotatable bonds is 2. The molecule has 1 aliphatic heterocycles. The van der Waals surface area contributed by atoms with Gasteiger partial charge in [0.25, 0.3) is 0 Å². The SMILES string of the molecule is CC(=O)N1CCCN(Cc2ccc(C)o2)CCNC(=O)[C@@H]2CCC[C@@H]21. The first-order valence-corrected chi connectivity index (χ1v) is 9.37. The molecule has 2 fully saturated rings. The number of fused-ring (bicyclic) bond motifs is 1. The van der Waals surface area contributed by atoms with Crippen molar-refractivity contribution < 1.29 is 14.0 Å². The highest BCUT2D eigenvalue weighted by Gasteiger charge is 2.37. The van der Waals surface area contributed by atoms with Gasteiger partial charge < -0.3 is 14.6 Å². The van der Waals surface area contributed by atoms with E-state index in [4.69, 9.17) is 4.42 Å². The molecule has 1 aromatic heterocycles. The van der Waals surface area contributed by atoms with Gasteiger partial charge in [0.1, 0.15) is 11.5 Å². The van der Waals surface area contributed by atoms with E-state index in [2.05, 4.69) is 10.2 Å². The predicted octanol–water partition coefficient (Wildman–Crippen LogP) is 1.93. The number of nitrogens with zero attached hydrogens (tertiary/aromatic N) is 2. The van der Waals surface area contributed by atoms with Gasteiger partial charge in [-0.25, -0.2) is 0 Å². The van der Waals surface area contributed by atoms with Gasteiger partial charge in [-0.05, 0) is 38.3 Å². The fraction of sp³-hybridized carbons (Fsp3) is 0.684. The zero-order chi connectivity index (χ0) is 17.8. The van der Waals surface area contributed by atoms with E-state index in [0.29, 0.717) is 6.54 Å². The zero-order valence-corrected chi connectivity index (χ0v) is 15.3. The lowest BCUT2D eigenvalue weighted by molar-refractivity contribution is -0.134. The van der Waals surface area contributed by atoms with Gasteiger partial charge in [-0.1, -0.05) is 6.42 Å². The Hall–Kier alpha value is -1.82. The first-order valence-electron chi connectivity index (χ1n) is 9.37. The maximum atomic E-state index is 12.6. The highest BCUT2D eigenvalue weighted by atomic mass is 16.3. The van der Waals surface area contributed by atoms with Crippen molar-refractivity contribution in [2.45, 2.75) is 52.1 Å². The van der Waals surface area contributed by atoms with Gasteiger partial charge in [0.05, 0.1) is 12.5 Å². The fourth-order valence-electron chi connectivity index (χ4n) is 4.17. The predicted molar refractivity (Wildman–Crippen MR) is 94.9 cm³/mol. The summed E-state index contributed by atoms with van der Waals surface area (Å²) in [4.78, 5) is 28.9. The first kappa shape index (κ1) is 18.0. The van der Waals surface area contributed by atoms with Crippen molar-refractivity contribution in [2.24, 2.45) is 5.92 Å². The summed E-state index contributed by atoms with van der Waals surface area (Å²) in [6, 6.07) is 4.05. The van der Waals surface area contributed by atoms with Crippen molar-refractivity contribution >= 4 is 11.8 Å². The van der Waals surface area contributed by atoms with E-state index in [1.165, 1.54) is 0 Å². The molecule has 1 aliphatic carbocycles. The van der Waals surface area contributed by atoms with Crippen LogP contribution >= 0.6 is 0 Å². The Morgan fingerprint density at radius 2 is 2.08 bits per heavy atom. The summed E-state index contributed by atoms with van der Waals surface area (Å²) in [5.74, 6) is 1.99. The van der Waals surface area contributed by atoms with Crippen LogP contribution in [0, 0.1) is 12.8 Å². The molecule has 0 bridgehead atoms. The topological polar surface area (TPSA) is 65.8 Å². The molecule has 2 atom stereocenters. The van der Waals surface area contributed by atoms with Gasteiger partial charge in [0, 0.05) is 39.1 Å². The molecule has 0 radical (unpaired) electrons. The lowest BCUT2D eigenvalue weighted by atomic mass is 10.0. The molecule has 6 heteroatoms. The van der Waals surface area contributed by atoms with Gasteiger partial charge in [0.15, 0.2) is 0 Å². The summed E-state index contributed by atoms with van der Waals surface area (Å²) in [5.41, 5.74) is 0. The van der Waals surface area contributed by atoms with Gasteiger partial charge in [-0.3, -0.25) is 14.5 Å². The second kappa shape index (κ2) is 8.04. The average molecular weight is 347 g/mol. The molecule has 2 heterocycles. The Morgan fingerprint density at radius 3 is 2.80 bits per heavy atom. The smallest absolute Gasteiger partial charge is 0.225 e. The van der Waals surface area contributed by atoms with Crippen molar-refractivity contribution in [3.05, 3.63) is 23.7 Å². The molecule has 1 N–H and O–H groups in total. The van der Waals surface area contributed by atoms with Crippen LogP contribution in [0.3, 0.4) is 0 Å². The number of carbonyl (C=O) groups is 2. The summed E-state index contributed by atoms with van der Waals surface area (Å²) >= 11 is 0. The van der Waals surface area contributed by atoms with Crippen molar-refractivity contribution in [1.29, 1.82) is 0 Å². The van der Waals surface area contributed by atoms with Gasteiger partial charge in [-0.15, -0.1) is 0 Å². The van der Waals surface area contributed by atoms with E-state index in [0.717, 1.165) is 63.4 Å². The molecule has 1 aromatic rings. The van der Waals surface area contributed by atoms with Crippen LogP contribution < -0.4 is 5.32 Å². The monoisotopic (exact) mass is 347 g/mol. The molecule has 0 spiro atoms. The third-order valence-electron chi connectivity index (χ3n) is 5.40. The second-order valence-electron chi connectivity index (χ2n) is 7.25. The Balaban J connectivity index is 1.69. The molecule has 1 saturated heterocycles. The van der Waals surface area contributed by atoms with Crippen LogP contribution in [0.4, 0.5) is 0 Å². The summed E-state index contributed by atoms with van der Waals surface area (Å²) < 4.78 is 5.69. The highest BCUT2D eigenvalue weighted by Crippen LogP contribution is 2.30.